The summed E-state index contributed by atoms with van der Waals surface area (Å²) in [5, 5.41) is 10.0. The summed E-state index contributed by atoms with van der Waals surface area (Å²) in [7, 11) is 3.10. The fraction of sp³-hybridized carbons (Fsp3) is 0.381. The Morgan fingerprint density at radius 3 is 2.61 bits per heavy atom. The SMILES string of the molecule is COc1ccc(C(=O)N2CCC(CCO)C2)c(OC)c1-c1ccc(Cl)c(Cl)c1. The molecule has 7 heteroatoms. The van der Waals surface area contributed by atoms with Gasteiger partial charge in [0.1, 0.15) is 11.5 Å². The number of carbonyl (C=O) groups excluding carboxylic acids is 1. The van der Waals surface area contributed by atoms with Crippen LogP contribution in [0.4, 0.5) is 0 Å². The lowest BCUT2D eigenvalue weighted by Crippen LogP contribution is -2.29. The molecule has 1 N–H and O–H groups in total. The predicted molar refractivity (Wildman–Crippen MR) is 111 cm³/mol. The van der Waals surface area contributed by atoms with Crippen LogP contribution in [0, 0.1) is 5.92 Å². The van der Waals surface area contributed by atoms with Crippen LogP contribution in [-0.2, 0) is 0 Å². The van der Waals surface area contributed by atoms with Gasteiger partial charge in [-0.1, -0.05) is 29.3 Å². The molecule has 1 atom stereocenters. The quantitative estimate of drug-likeness (QED) is 0.741. The monoisotopic (exact) mass is 423 g/mol. The van der Waals surface area contributed by atoms with Crippen molar-refractivity contribution >= 4 is 29.1 Å². The van der Waals surface area contributed by atoms with Gasteiger partial charge in [-0.25, -0.2) is 0 Å². The maximum Gasteiger partial charge on any atom is 0.257 e. The number of aliphatic hydroxyl groups excluding tert-OH is 1. The van der Waals surface area contributed by atoms with Gasteiger partial charge in [-0.15, -0.1) is 0 Å². The molecule has 2 aromatic rings. The summed E-state index contributed by atoms with van der Waals surface area (Å²) >= 11 is 12.2. The second kappa shape index (κ2) is 9.03. The average Bonchev–Trinajstić information content (AvgIpc) is 3.17. The van der Waals surface area contributed by atoms with Crippen molar-refractivity contribution in [2.75, 3.05) is 33.9 Å². The zero-order valence-corrected chi connectivity index (χ0v) is 17.4. The van der Waals surface area contributed by atoms with Gasteiger partial charge in [0.2, 0.25) is 0 Å². The van der Waals surface area contributed by atoms with Crippen molar-refractivity contribution in [2.45, 2.75) is 12.8 Å². The molecule has 0 bridgehead atoms. The Bertz CT molecular complexity index is 872. The number of aliphatic hydroxyl groups is 1. The Morgan fingerprint density at radius 2 is 1.96 bits per heavy atom. The number of nitrogens with zero attached hydrogens (tertiary/aromatic N) is 1. The Balaban J connectivity index is 2.03. The van der Waals surface area contributed by atoms with Crippen LogP contribution in [0.5, 0.6) is 11.5 Å². The van der Waals surface area contributed by atoms with E-state index in [4.69, 9.17) is 37.8 Å². The van der Waals surface area contributed by atoms with Gasteiger partial charge in [0.05, 0.1) is 35.4 Å². The van der Waals surface area contributed by atoms with Gasteiger partial charge in [-0.05, 0) is 48.6 Å². The first-order valence-corrected chi connectivity index (χ1v) is 9.86. The van der Waals surface area contributed by atoms with Crippen LogP contribution < -0.4 is 9.47 Å². The van der Waals surface area contributed by atoms with E-state index >= 15 is 0 Å². The number of benzene rings is 2. The summed E-state index contributed by atoms with van der Waals surface area (Å²) in [6, 6.07) is 8.73. The molecule has 28 heavy (non-hydrogen) atoms. The molecule has 0 saturated carbocycles. The topological polar surface area (TPSA) is 59.0 Å². The summed E-state index contributed by atoms with van der Waals surface area (Å²) in [6.07, 6.45) is 1.60. The molecule has 1 amide bonds. The van der Waals surface area contributed by atoms with Crippen LogP contribution in [0.3, 0.4) is 0 Å². The highest BCUT2D eigenvalue weighted by Gasteiger charge is 2.30. The minimum absolute atomic E-state index is 0.0961. The van der Waals surface area contributed by atoms with Crippen molar-refractivity contribution in [1.82, 2.24) is 4.90 Å². The van der Waals surface area contributed by atoms with E-state index in [1.807, 2.05) is 11.0 Å². The molecule has 3 rings (SSSR count). The summed E-state index contributed by atoms with van der Waals surface area (Å²) in [5.74, 6) is 1.24. The zero-order valence-electron chi connectivity index (χ0n) is 15.9. The summed E-state index contributed by atoms with van der Waals surface area (Å²) in [4.78, 5) is 15.0. The maximum atomic E-state index is 13.2. The third-order valence-electron chi connectivity index (χ3n) is 5.09. The van der Waals surface area contributed by atoms with E-state index in [0.29, 0.717) is 58.1 Å². The molecule has 1 aliphatic rings. The van der Waals surface area contributed by atoms with E-state index in [-0.39, 0.29) is 12.5 Å². The molecule has 0 aromatic heterocycles. The summed E-state index contributed by atoms with van der Waals surface area (Å²) in [5.41, 5.74) is 1.87. The van der Waals surface area contributed by atoms with Crippen LogP contribution in [-0.4, -0.2) is 49.8 Å². The Labute approximate surface area is 174 Å². The normalized spacial score (nSPS) is 16.3. The smallest absolute Gasteiger partial charge is 0.257 e. The lowest BCUT2D eigenvalue weighted by atomic mass is 9.99. The van der Waals surface area contributed by atoms with Crippen molar-refractivity contribution in [1.29, 1.82) is 0 Å². The lowest BCUT2D eigenvalue weighted by molar-refractivity contribution is 0.0781. The number of likely N-dealkylation sites (tertiary alicyclic amines) is 1. The van der Waals surface area contributed by atoms with Gasteiger partial charge >= 0.3 is 0 Å². The second-order valence-corrected chi connectivity index (χ2v) is 7.59. The fourth-order valence-electron chi connectivity index (χ4n) is 3.65. The largest absolute Gasteiger partial charge is 0.496 e. The minimum atomic E-state index is -0.0961. The highest BCUT2D eigenvalue weighted by Crippen LogP contribution is 2.43. The van der Waals surface area contributed by atoms with Gasteiger partial charge in [-0.2, -0.15) is 0 Å². The standard InChI is InChI=1S/C21H23Cl2NO4/c1-27-18-6-4-15(21(26)24-9-7-13(12-24)8-10-25)20(28-2)19(18)14-3-5-16(22)17(23)11-14/h3-6,11,13,25H,7-10,12H2,1-2H3. The molecular formula is C21H23Cl2NO4. The highest BCUT2D eigenvalue weighted by molar-refractivity contribution is 6.42. The van der Waals surface area contributed by atoms with Crippen LogP contribution in [0.15, 0.2) is 30.3 Å². The van der Waals surface area contributed by atoms with E-state index in [9.17, 15) is 4.79 Å². The van der Waals surface area contributed by atoms with Gasteiger partial charge in [-0.3, -0.25) is 4.79 Å². The van der Waals surface area contributed by atoms with E-state index in [1.165, 1.54) is 7.11 Å². The Hall–Kier alpha value is -1.95. The van der Waals surface area contributed by atoms with E-state index in [2.05, 4.69) is 0 Å². The fourth-order valence-corrected chi connectivity index (χ4v) is 3.94. The van der Waals surface area contributed by atoms with Gasteiger partial charge in [0.15, 0.2) is 0 Å². The van der Waals surface area contributed by atoms with E-state index in [0.717, 1.165) is 12.0 Å². The minimum Gasteiger partial charge on any atom is -0.496 e. The number of amides is 1. The van der Waals surface area contributed by atoms with Gasteiger partial charge in [0.25, 0.3) is 5.91 Å². The molecule has 2 aromatic carbocycles. The molecule has 1 saturated heterocycles. The number of carbonyl (C=O) groups is 1. The van der Waals surface area contributed by atoms with Crippen molar-refractivity contribution in [3.05, 3.63) is 45.9 Å². The van der Waals surface area contributed by atoms with Crippen LogP contribution >= 0.6 is 23.2 Å². The molecular weight excluding hydrogens is 401 g/mol. The van der Waals surface area contributed by atoms with Crippen molar-refractivity contribution in [3.8, 4) is 22.6 Å². The summed E-state index contributed by atoms with van der Waals surface area (Å²) < 4.78 is 11.2. The first-order valence-electron chi connectivity index (χ1n) is 9.10. The molecule has 1 aliphatic heterocycles. The molecule has 5 nitrogen and oxygen atoms in total. The highest BCUT2D eigenvalue weighted by atomic mass is 35.5. The number of halogens is 2. The average molecular weight is 424 g/mol. The van der Waals surface area contributed by atoms with Crippen LogP contribution in [0.2, 0.25) is 10.0 Å². The first-order chi connectivity index (χ1) is 13.5. The number of hydrogen-bond donors (Lipinski definition) is 1. The van der Waals surface area contributed by atoms with E-state index in [1.54, 1.807) is 31.4 Å². The van der Waals surface area contributed by atoms with Crippen molar-refractivity contribution < 1.29 is 19.4 Å². The Morgan fingerprint density at radius 1 is 1.18 bits per heavy atom. The number of ether oxygens (including phenoxy) is 2. The molecule has 1 unspecified atom stereocenters. The Kier molecular flexibility index (Phi) is 6.70. The molecule has 0 radical (unpaired) electrons. The van der Waals surface area contributed by atoms with Crippen LogP contribution in [0.25, 0.3) is 11.1 Å². The number of methoxy groups -OCH3 is 2. The maximum absolute atomic E-state index is 13.2. The number of rotatable bonds is 6. The van der Waals surface area contributed by atoms with Gasteiger partial charge < -0.3 is 19.5 Å². The first kappa shape index (κ1) is 20.8. The summed E-state index contributed by atoms with van der Waals surface area (Å²) in [6.45, 7) is 1.44. The lowest BCUT2D eigenvalue weighted by Gasteiger charge is -2.21. The molecule has 0 spiro atoms. The van der Waals surface area contributed by atoms with Crippen molar-refractivity contribution in [3.63, 3.8) is 0 Å². The zero-order chi connectivity index (χ0) is 20.3. The van der Waals surface area contributed by atoms with Crippen LogP contribution in [0.1, 0.15) is 23.2 Å². The molecule has 0 aliphatic carbocycles. The van der Waals surface area contributed by atoms with E-state index < -0.39 is 0 Å². The van der Waals surface area contributed by atoms with Gasteiger partial charge in [0, 0.05) is 19.7 Å². The molecule has 150 valence electrons. The third-order valence-corrected chi connectivity index (χ3v) is 5.83. The second-order valence-electron chi connectivity index (χ2n) is 6.77. The van der Waals surface area contributed by atoms with Crippen molar-refractivity contribution in [2.24, 2.45) is 5.92 Å². The predicted octanol–water partition coefficient (Wildman–Crippen LogP) is 4.52. The molecule has 1 heterocycles. The third kappa shape index (κ3) is 4.07. The number of hydrogen-bond acceptors (Lipinski definition) is 4. The molecule has 1 fully saturated rings.